The first-order chi connectivity index (χ1) is 13.4. The van der Waals surface area contributed by atoms with Crippen LogP contribution in [0.3, 0.4) is 0 Å². The Kier molecular flexibility index (Phi) is 6.41. The molecule has 1 atom stereocenters. The molecule has 0 bridgehead atoms. The highest BCUT2D eigenvalue weighted by Gasteiger charge is 2.19. The molecule has 0 aliphatic carbocycles. The van der Waals surface area contributed by atoms with Crippen LogP contribution in [-0.2, 0) is 10.0 Å². The Morgan fingerprint density at radius 1 is 1.11 bits per heavy atom. The van der Waals surface area contributed by atoms with Crippen LogP contribution in [-0.4, -0.2) is 38.6 Å². The molecule has 2 aromatic carbocycles. The van der Waals surface area contributed by atoms with Crippen LogP contribution in [0.1, 0.15) is 19.8 Å². The summed E-state index contributed by atoms with van der Waals surface area (Å²) in [4.78, 5) is 2.35. The van der Waals surface area contributed by atoms with Crippen molar-refractivity contribution in [3.05, 3.63) is 48.5 Å². The monoisotopic (exact) mass is 419 g/mol. The van der Waals surface area contributed by atoms with E-state index in [9.17, 15) is 8.42 Å². The van der Waals surface area contributed by atoms with Crippen molar-refractivity contribution in [2.24, 2.45) is 5.92 Å². The predicted molar refractivity (Wildman–Crippen MR) is 116 cm³/mol. The first kappa shape index (κ1) is 20.4. The van der Waals surface area contributed by atoms with Crippen molar-refractivity contribution in [2.45, 2.75) is 24.7 Å². The third kappa shape index (κ3) is 5.14. The summed E-state index contributed by atoms with van der Waals surface area (Å²) in [7, 11) is -2.11. The average molecular weight is 420 g/mol. The van der Waals surface area contributed by atoms with E-state index in [4.69, 9.17) is 17.0 Å². The maximum absolute atomic E-state index is 12.6. The minimum Gasteiger partial charge on any atom is -0.497 e. The van der Waals surface area contributed by atoms with Gasteiger partial charge < -0.3 is 15.0 Å². The predicted octanol–water partition coefficient (Wildman–Crippen LogP) is 3.92. The number of thiocarbonyl (C=S) groups is 1. The summed E-state index contributed by atoms with van der Waals surface area (Å²) in [6, 6.07) is 13.3. The molecule has 2 N–H and O–H groups in total. The van der Waals surface area contributed by atoms with Gasteiger partial charge in [-0.05, 0) is 79.5 Å². The number of methoxy groups -OCH3 is 1. The third-order valence-electron chi connectivity index (χ3n) is 4.70. The standard InChI is InChI=1S/C20H25N3O3S2/c1-15-4-3-13-23(14-15)20(27)21-16-7-11-19(12-8-16)28(24,25)22-17-5-9-18(26-2)10-6-17/h5-12,15,22H,3-4,13-14H2,1-2H3,(H,21,27)/t15-/m0/s1. The van der Waals surface area contributed by atoms with Crippen LogP contribution < -0.4 is 14.8 Å². The second-order valence-corrected chi connectivity index (χ2v) is 9.05. The molecule has 8 heteroatoms. The van der Waals surface area contributed by atoms with Gasteiger partial charge in [0, 0.05) is 24.5 Å². The highest BCUT2D eigenvalue weighted by Crippen LogP contribution is 2.21. The number of nitrogens with zero attached hydrogens (tertiary/aromatic N) is 1. The first-order valence-corrected chi connectivity index (χ1v) is 11.1. The zero-order valence-corrected chi connectivity index (χ0v) is 17.6. The molecular weight excluding hydrogens is 394 g/mol. The van der Waals surface area contributed by atoms with Gasteiger partial charge in [-0.2, -0.15) is 0 Å². The number of rotatable bonds is 5. The fraction of sp³-hybridized carbons (Fsp3) is 0.350. The Hall–Kier alpha value is -2.32. The van der Waals surface area contributed by atoms with Gasteiger partial charge in [0.1, 0.15) is 5.75 Å². The van der Waals surface area contributed by atoms with Crippen LogP contribution in [0.2, 0.25) is 0 Å². The number of piperidine rings is 1. The maximum Gasteiger partial charge on any atom is 0.261 e. The third-order valence-corrected chi connectivity index (χ3v) is 6.46. The van der Waals surface area contributed by atoms with Gasteiger partial charge in [0.15, 0.2) is 5.11 Å². The van der Waals surface area contributed by atoms with E-state index in [1.54, 1.807) is 55.6 Å². The van der Waals surface area contributed by atoms with Crippen LogP contribution in [0.5, 0.6) is 5.75 Å². The van der Waals surface area contributed by atoms with E-state index < -0.39 is 10.0 Å². The molecule has 0 aromatic heterocycles. The van der Waals surface area contributed by atoms with Crippen LogP contribution in [0, 0.1) is 5.92 Å². The van der Waals surface area contributed by atoms with Gasteiger partial charge >= 0.3 is 0 Å². The van der Waals surface area contributed by atoms with Crippen molar-refractivity contribution in [1.82, 2.24) is 4.90 Å². The van der Waals surface area contributed by atoms with Crippen molar-refractivity contribution < 1.29 is 13.2 Å². The molecule has 2 aromatic rings. The second kappa shape index (κ2) is 8.79. The first-order valence-electron chi connectivity index (χ1n) is 9.20. The number of sulfonamides is 1. The summed E-state index contributed by atoms with van der Waals surface area (Å²) in [5.41, 5.74) is 1.25. The molecule has 1 aliphatic heterocycles. The number of hydrogen-bond donors (Lipinski definition) is 2. The normalized spacial score (nSPS) is 17.1. The van der Waals surface area contributed by atoms with Gasteiger partial charge in [0.2, 0.25) is 0 Å². The zero-order valence-electron chi connectivity index (χ0n) is 16.0. The molecule has 1 saturated heterocycles. The van der Waals surface area contributed by atoms with Crippen molar-refractivity contribution >= 4 is 38.7 Å². The van der Waals surface area contributed by atoms with Crippen LogP contribution in [0.25, 0.3) is 0 Å². The summed E-state index contributed by atoms with van der Waals surface area (Å²) in [5.74, 6) is 1.29. The zero-order chi connectivity index (χ0) is 20.1. The Morgan fingerprint density at radius 3 is 2.36 bits per heavy atom. The molecule has 1 fully saturated rings. The van der Waals surface area contributed by atoms with Crippen LogP contribution >= 0.6 is 12.2 Å². The summed E-state index contributed by atoms with van der Waals surface area (Å²) >= 11 is 5.50. The summed E-state index contributed by atoms with van der Waals surface area (Å²) in [5, 5.41) is 3.88. The van der Waals surface area contributed by atoms with Gasteiger partial charge in [-0.15, -0.1) is 0 Å². The highest BCUT2D eigenvalue weighted by atomic mass is 32.2. The lowest BCUT2D eigenvalue weighted by molar-refractivity contribution is 0.276. The van der Waals surface area contributed by atoms with E-state index in [1.165, 1.54) is 6.42 Å². The largest absolute Gasteiger partial charge is 0.497 e. The van der Waals surface area contributed by atoms with Gasteiger partial charge in [-0.25, -0.2) is 8.42 Å². The highest BCUT2D eigenvalue weighted by molar-refractivity contribution is 7.92. The Morgan fingerprint density at radius 2 is 1.75 bits per heavy atom. The molecule has 0 amide bonds. The van der Waals surface area contributed by atoms with Crippen molar-refractivity contribution in [1.29, 1.82) is 0 Å². The molecule has 1 aliphatic rings. The van der Waals surface area contributed by atoms with Gasteiger partial charge in [-0.3, -0.25) is 4.72 Å². The Balaban J connectivity index is 1.64. The smallest absolute Gasteiger partial charge is 0.261 e. The molecule has 1 heterocycles. The summed E-state index contributed by atoms with van der Waals surface area (Å²) in [6.07, 6.45) is 2.37. The fourth-order valence-corrected chi connectivity index (χ4v) is 4.51. The number of anilines is 2. The van der Waals surface area contributed by atoms with E-state index >= 15 is 0 Å². The van der Waals surface area contributed by atoms with Gasteiger partial charge in [-0.1, -0.05) is 6.92 Å². The molecule has 0 spiro atoms. The molecule has 6 nitrogen and oxygen atoms in total. The fourth-order valence-electron chi connectivity index (χ4n) is 3.17. The summed E-state index contributed by atoms with van der Waals surface area (Å²) in [6.45, 7) is 4.13. The molecule has 3 rings (SSSR count). The molecule has 150 valence electrons. The van der Waals surface area contributed by atoms with Gasteiger partial charge in [0.05, 0.1) is 12.0 Å². The quantitative estimate of drug-likeness (QED) is 0.716. The number of likely N-dealkylation sites (tertiary alicyclic amines) is 1. The lowest BCUT2D eigenvalue weighted by atomic mass is 10.0. The topological polar surface area (TPSA) is 70.7 Å². The number of nitrogens with one attached hydrogen (secondary N) is 2. The number of hydrogen-bond acceptors (Lipinski definition) is 4. The SMILES string of the molecule is COc1ccc(NS(=O)(=O)c2ccc(NC(=S)N3CCC[C@H](C)C3)cc2)cc1. The second-order valence-electron chi connectivity index (χ2n) is 6.98. The number of benzene rings is 2. The maximum atomic E-state index is 12.6. The van der Waals surface area contributed by atoms with E-state index in [1.807, 2.05) is 0 Å². The van der Waals surface area contributed by atoms with Crippen molar-refractivity contribution in [2.75, 3.05) is 30.2 Å². The molecule has 0 unspecified atom stereocenters. The van der Waals surface area contributed by atoms with E-state index in [2.05, 4.69) is 21.9 Å². The van der Waals surface area contributed by atoms with Gasteiger partial charge in [0.25, 0.3) is 10.0 Å². The Labute approximate surface area is 171 Å². The minimum atomic E-state index is -3.67. The lowest BCUT2D eigenvalue weighted by Gasteiger charge is -2.33. The molecular formula is C20H25N3O3S2. The van der Waals surface area contributed by atoms with E-state index in [-0.39, 0.29) is 4.90 Å². The molecule has 0 saturated carbocycles. The van der Waals surface area contributed by atoms with Crippen LogP contribution in [0.4, 0.5) is 11.4 Å². The molecule has 28 heavy (non-hydrogen) atoms. The summed E-state index contributed by atoms with van der Waals surface area (Å²) < 4.78 is 32.8. The molecule has 0 radical (unpaired) electrons. The van der Waals surface area contributed by atoms with Crippen LogP contribution in [0.15, 0.2) is 53.4 Å². The minimum absolute atomic E-state index is 0.186. The average Bonchev–Trinajstić information content (AvgIpc) is 2.69. The Bertz CT molecular complexity index is 913. The van der Waals surface area contributed by atoms with Crippen molar-refractivity contribution in [3.63, 3.8) is 0 Å². The van der Waals surface area contributed by atoms with E-state index in [0.29, 0.717) is 22.5 Å². The van der Waals surface area contributed by atoms with E-state index in [0.717, 1.165) is 25.2 Å². The number of ether oxygens (including phenoxy) is 1. The van der Waals surface area contributed by atoms with Crippen molar-refractivity contribution in [3.8, 4) is 5.75 Å². The lowest BCUT2D eigenvalue weighted by Crippen LogP contribution is -2.41.